The Bertz CT molecular complexity index is 1460. The number of benzene rings is 3. The average molecular weight is 532 g/mol. The molecule has 0 unspecified atom stereocenters. The Morgan fingerprint density at radius 3 is 2.06 bits per heavy atom. The summed E-state index contributed by atoms with van der Waals surface area (Å²) in [5.41, 5.74) is 4.84. The van der Waals surface area contributed by atoms with Gasteiger partial charge < -0.3 is 4.90 Å². The molecule has 0 radical (unpaired) electrons. The summed E-state index contributed by atoms with van der Waals surface area (Å²) in [7, 11) is 0. The molecule has 0 spiro atoms. The summed E-state index contributed by atoms with van der Waals surface area (Å²) in [4.78, 5) is 15.3. The number of hydrogen-bond donors (Lipinski definition) is 0. The van der Waals surface area contributed by atoms with E-state index in [1.807, 2.05) is 24.3 Å². The minimum Gasteiger partial charge on any atom is -0.353 e. The minimum absolute atomic E-state index is 0.182. The Kier molecular flexibility index (Phi) is 6.63. The highest BCUT2D eigenvalue weighted by Crippen LogP contribution is 2.39. The maximum Gasteiger partial charge on any atom is 0.141 e. The van der Waals surface area contributed by atoms with Gasteiger partial charge in [-0.15, -0.1) is 11.3 Å². The van der Waals surface area contributed by atoms with Crippen molar-refractivity contribution in [3.63, 3.8) is 0 Å². The van der Waals surface area contributed by atoms with Crippen LogP contribution in [0.1, 0.15) is 17.2 Å². The molecule has 0 aliphatic carbocycles. The largest absolute Gasteiger partial charge is 0.353 e. The molecule has 6 rings (SSSR count). The number of piperazine rings is 1. The molecular formula is C29H24Cl2N4S. The molecule has 1 aliphatic heterocycles. The van der Waals surface area contributed by atoms with Crippen LogP contribution >= 0.6 is 34.5 Å². The van der Waals surface area contributed by atoms with E-state index in [0.29, 0.717) is 0 Å². The molecule has 2 aromatic heterocycles. The van der Waals surface area contributed by atoms with Crippen molar-refractivity contribution in [3.8, 4) is 11.1 Å². The predicted molar refractivity (Wildman–Crippen MR) is 151 cm³/mol. The third-order valence-corrected chi connectivity index (χ3v) is 8.18. The van der Waals surface area contributed by atoms with Gasteiger partial charge >= 0.3 is 0 Å². The Morgan fingerprint density at radius 1 is 0.722 bits per heavy atom. The number of thiophene rings is 1. The molecule has 0 bridgehead atoms. The number of halogens is 2. The molecule has 5 aromatic rings. The van der Waals surface area contributed by atoms with E-state index in [1.54, 1.807) is 17.7 Å². The number of nitrogens with zero attached hydrogens (tertiary/aromatic N) is 4. The summed E-state index contributed by atoms with van der Waals surface area (Å²) in [6.45, 7) is 3.63. The van der Waals surface area contributed by atoms with Crippen molar-refractivity contribution in [2.24, 2.45) is 0 Å². The second-order valence-corrected chi connectivity index (χ2v) is 10.7. The molecule has 0 saturated carbocycles. The minimum atomic E-state index is 0.182. The normalized spacial score (nSPS) is 15.3. The Labute approximate surface area is 224 Å². The average Bonchev–Trinajstić information content (AvgIpc) is 3.36. The first-order valence-electron chi connectivity index (χ1n) is 11.9. The van der Waals surface area contributed by atoms with Crippen molar-refractivity contribution in [2.45, 2.75) is 6.04 Å². The summed E-state index contributed by atoms with van der Waals surface area (Å²) >= 11 is 14.0. The van der Waals surface area contributed by atoms with Gasteiger partial charge in [0.05, 0.1) is 11.4 Å². The lowest BCUT2D eigenvalue weighted by atomic mass is 9.96. The summed E-state index contributed by atoms with van der Waals surface area (Å²) < 4.78 is 0. The van der Waals surface area contributed by atoms with Crippen LogP contribution in [0.3, 0.4) is 0 Å². The number of fused-ring (bicyclic) bond motifs is 1. The lowest BCUT2D eigenvalue weighted by Gasteiger charge is -2.40. The first kappa shape index (κ1) is 23.4. The monoisotopic (exact) mass is 530 g/mol. The number of anilines is 1. The molecule has 3 aromatic carbocycles. The summed E-state index contributed by atoms with van der Waals surface area (Å²) in [5, 5.41) is 4.79. The zero-order chi connectivity index (χ0) is 24.5. The van der Waals surface area contributed by atoms with Gasteiger partial charge in [0.1, 0.15) is 17.0 Å². The van der Waals surface area contributed by atoms with Gasteiger partial charge in [0.25, 0.3) is 0 Å². The van der Waals surface area contributed by atoms with Crippen LogP contribution < -0.4 is 4.90 Å². The molecule has 1 atom stereocenters. The maximum atomic E-state index is 6.20. The molecule has 3 heterocycles. The van der Waals surface area contributed by atoms with Crippen LogP contribution in [0, 0.1) is 0 Å². The smallest absolute Gasteiger partial charge is 0.141 e. The molecule has 36 heavy (non-hydrogen) atoms. The van der Waals surface area contributed by atoms with E-state index in [2.05, 4.69) is 74.8 Å². The summed E-state index contributed by atoms with van der Waals surface area (Å²) in [6, 6.07) is 27.1. The highest BCUT2D eigenvalue weighted by molar-refractivity contribution is 7.17. The van der Waals surface area contributed by atoms with Gasteiger partial charge in [-0.1, -0.05) is 77.8 Å². The van der Waals surface area contributed by atoms with Crippen LogP contribution in [0.15, 0.2) is 90.6 Å². The molecule has 0 N–H and O–H groups in total. The van der Waals surface area contributed by atoms with Gasteiger partial charge in [-0.25, -0.2) is 9.97 Å². The lowest BCUT2D eigenvalue weighted by Crippen LogP contribution is -2.48. The van der Waals surface area contributed by atoms with E-state index in [1.165, 1.54) is 11.1 Å². The standard InChI is InChI=1S/C29H24Cl2N4S/c30-23-10-6-20(7-11-23)25-18-36-29-26(25)28(32-19-33-29)35-16-14-34(15-17-35)27(21-4-2-1-3-5-21)22-8-12-24(31)13-9-22/h1-13,18-19,27H,14-17H2/t27-/m0/s1. The second-order valence-electron chi connectivity index (χ2n) is 8.92. The van der Waals surface area contributed by atoms with Gasteiger partial charge in [0.15, 0.2) is 0 Å². The fraction of sp³-hybridized carbons (Fsp3) is 0.172. The molecule has 1 fully saturated rings. The molecule has 180 valence electrons. The van der Waals surface area contributed by atoms with Gasteiger partial charge in [-0.05, 0) is 41.0 Å². The van der Waals surface area contributed by atoms with Crippen LogP contribution in [-0.4, -0.2) is 41.0 Å². The molecule has 7 heteroatoms. The highest BCUT2D eigenvalue weighted by atomic mass is 35.5. The van der Waals surface area contributed by atoms with Crippen LogP contribution in [0.5, 0.6) is 0 Å². The maximum absolute atomic E-state index is 6.20. The molecule has 0 amide bonds. The fourth-order valence-corrected chi connectivity index (χ4v) is 6.19. The van der Waals surface area contributed by atoms with Crippen molar-refractivity contribution in [1.82, 2.24) is 14.9 Å². The van der Waals surface area contributed by atoms with Crippen molar-refractivity contribution < 1.29 is 0 Å². The molecule has 1 saturated heterocycles. The van der Waals surface area contributed by atoms with Crippen molar-refractivity contribution in [1.29, 1.82) is 0 Å². The van der Waals surface area contributed by atoms with Gasteiger partial charge in [0, 0.05) is 47.2 Å². The van der Waals surface area contributed by atoms with E-state index < -0.39 is 0 Å². The second kappa shape index (κ2) is 10.2. The molecular weight excluding hydrogens is 507 g/mol. The third kappa shape index (κ3) is 4.60. The summed E-state index contributed by atoms with van der Waals surface area (Å²) in [6.07, 6.45) is 1.69. The fourth-order valence-electron chi connectivity index (χ4n) is 5.03. The summed E-state index contributed by atoms with van der Waals surface area (Å²) in [5.74, 6) is 1.01. The van der Waals surface area contributed by atoms with Crippen LogP contribution in [0.4, 0.5) is 5.82 Å². The predicted octanol–water partition coefficient (Wildman–Crippen LogP) is 7.58. The van der Waals surface area contributed by atoms with Crippen molar-refractivity contribution in [3.05, 3.63) is 112 Å². The van der Waals surface area contributed by atoms with Crippen molar-refractivity contribution in [2.75, 3.05) is 31.1 Å². The quantitative estimate of drug-likeness (QED) is 0.234. The third-order valence-electron chi connectivity index (χ3n) is 6.79. The first-order chi connectivity index (χ1) is 17.7. The van der Waals surface area contributed by atoms with E-state index in [9.17, 15) is 0 Å². The SMILES string of the molecule is Clc1ccc(-c2csc3ncnc(N4CCN([C@@H](c5ccccc5)c5ccc(Cl)cc5)CC4)c23)cc1. The van der Waals surface area contributed by atoms with E-state index in [-0.39, 0.29) is 6.04 Å². The van der Waals surface area contributed by atoms with Gasteiger partial charge in [0.2, 0.25) is 0 Å². The Hall–Kier alpha value is -2.96. The van der Waals surface area contributed by atoms with Crippen LogP contribution in [-0.2, 0) is 0 Å². The number of rotatable bonds is 5. The van der Waals surface area contributed by atoms with E-state index in [4.69, 9.17) is 28.2 Å². The van der Waals surface area contributed by atoms with Crippen LogP contribution in [0.2, 0.25) is 10.0 Å². The van der Waals surface area contributed by atoms with Gasteiger partial charge in [-0.2, -0.15) is 0 Å². The van der Waals surface area contributed by atoms with E-state index in [0.717, 1.165) is 63.4 Å². The van der Waals surface area contributed by atoms with Crippen LogP contribution in [0.25, 0.3) is 21.3 Å². The van der Waals surface area contributed by atoms with E-state index >= 15 is 0 Å². The van der Waals surface area contributed by atoms with Crippen molar-refractivity contribution >= 4 is 50.6 Å². The molecule has 1 aliphatic rings. The van der Waals surface area contributed by atoms with Gasteiger partial charge in [-0.3, -0.25) is 4.90 Å². The number of hydrogen-bond acceptors (Lipinski definition) is 5. The topological polar surface area (TPSA) is 32.3 Å². The molecule has 4 nitrogen and oxygen atoms in total. The zero-order valence-electron chi connectivity index (χ0n) is 19.5. The number of aromatic nitrogens is 2. The highest BCUT2D eigenvalue weighted by Gasteiger charge is 2.28. The lowest BCUT2D eigenvalue weighted by molar-refractivity contribution is 0.212. The Balaban J connectivity index is 1.30. The first-order valence-corrected chi connectivity index (χ1v) is 13.6. The Morgan fingerprint density at radius 2 is 1.36 bits per heavy atom. The zero-order valence-corrected chi connectivity index (χ0v) is 21.8.